The molecule has 0 saturated carbocycles. The lowest BCUT2D eigenvalue weighted by molar-refractivity contribution is 0.178. The molecule has 1 aromatic rings. The second kappa shape index (κ2) is 5.31. The fraction of sp³-hybridized carbons (Fsp3) is 0.467. The summed E-state index contributed by atoms with van der Waals surface area (Å²) in [6.07, 6.45) is 2.81. The van der Waals surface area contributed by atoms with Gasteiger partial charge < -0.3 is 5.11 Å². The molecule has 0 radical (unpaired) electrons. The molecule has 0 aliphatic carbocycles. The lowest BCUT2D eigenvalue weighted by Gasteiger charge is -2.20. The minimum atomic E-state index is -0.312. The summed E-state index contributed by atoms with van der Waals surface area (Å²) in [5.41, 5.74) is 2.68. The van der Waals surface area contributed by atoms with Crippen LogP contribution in [0.5, 0.6) is 0 Å². The Labute approximate surface area is 98.8 Å². The normalized spacial score (nSPS) is 13.5. The number of rotatable bonds is 4. The molecule has 1 aromatic carbocycles. The molecule has 0 spiro atoms. The second-order valence-electron chi connectivity index (χ2n) is 5.33. The highest BCUT2D eigenvalue weighted by molar-refractivity contribution is 5.29. The third-order valence-electron chi connectivity index (χ3n) is 2.70. The van der Waals surface area contributed by atoms with Gasteiger partial charge in [0, 0.05) is 0 Å². The third kappa shape index (κ3) is 3.82. The van der Waals surface area contributed by atoms with Crippen molar-refractivity contribution in [2.45, 2.75) is 45.1 Å². The van der Waals surface area contributed by atoms with Crippen molar-refractivity contribution >= 4 is 0 Å². The molecule has 0 aliphatic heterocycles. The van der Waals surface area contributed by atoms with Crippen LogP contribution in [0.3, 0.4) is 0 Å². The number of aliphatic hydroxyl groups excluding tert-OH is 1. The Bertz CT molecular complexity index is 347. The lowest BCUT2D eigenvalue weighted by atomic mass is 9.85. The monoisotopic (exact) mass is 218 g/mol. The van der Waals surface area contributed by atoms with E-state index in [1.54, 1.807) is 6.08 Å². The van der Waals surface area contributed by atoms with Gasteiger partial charge in [0.1, 0.15) is 0 Å². The smallest absolute Gasteiger partial charge is 0.0614 e. The van der Waals surface area contributed by atoms with Gasteiger partial charge >= 0.3 is 0 Å². The fourth-order valence-corrected chi connectivity index (χ4v) is 1.71. The molecule has 1 unspecified atom stereocenters. The highest BCUT2D eigenvalue weighted by Gasteiger charge is 2.14. The van der Waals surface area contributed by atoms with Crippen LogP contribution in [0.4, 0.5) is 0 Å². The summed E-state index contributed by atoms with van der Waals surface area (Å²) < 4.78 is 0. The predicted octanol–water partition coefficient (Wildman–Crippen LogP) is 3.46. The maximum atomic E-state index is 9.73. The Morgan fingerprint density at radius 2 is 2.06 bits per heavy atom. The van der Waals surface area contributed by atoms with Gasteiger partial charge in [-0.1, -0.05) is 51.1 Å². The summed E-state index contributed by atoms with van der Waals surface area (Å²) in [5, 5.41) is 9.73. The van der Waals surface area contributed by atoms with Crippen molar-refractivity contribution < 1.29 is 5.11 Å². The Morgan fingerprint density at radius 1 is 1.38 bits per heavy atom. The van der Waals surface area contributed by atoms with Gasteiger partial charge in [-0.25, -0.2) is 0 Å². The third-order valence-corrected chi connectivity index (χ3v) is 2.70. The first-order chi connectivity index (χ1) is 7.43. The average Bonchev–Trinajstić information content (AvgIpc) is 2.17. The Kier molecular flexibility index (Phi) is 4.31. The highest BCUT2D eigenvalue weighted by Crippen LogP contribution is 2.23. The topological polar surface area (TPSA) is 20.2 Å². The van der Waals surface area contributed by atoms with Crippen LogP contribution in [0.1, 0.15) is 38.3 Å². The van der Waals surface area contributed by atoms with Gasteiger partial charge in [0.25, 0.3) is 0 Å². The maximum absolute atomic E-state index is 9.73. The van der Waals surface area contributed by atoms with Gasteiger partial charge in [-0.15, -0.1) is 6.58 Å². The zero-order valence-electron chi connectivity index (χ0n) is 10.5. The Balaban J connectivity index is 2.79. The predicted molar refractivity (Wildman–Crippen MR) is 69.7 cm³/mol. The van der Waals surface area contributed by atoms with Crippen molar-refractivity contribution in [3.05, 3.63) is 48.0 Å². The van der Waals surface area contributed by atoms with E-state index in [1.807, 2.05) is 0 Å². The van der Waals surface area contributed by atoms with E-state index in [1.165, 1.54) is 11.1 Å². The molecule has 0 fully saturated rings. The molecule has 0 aromatic heterocycles. The van der Waals surface area contributed by atoms with Crippen LogP contribution >= 0.6 is 0 Å². The van der Waals surface area contributed by atoms with Crippen LogP contribution in [0.15, 0.2) is 36.9 Å². The number of hydrogen-bond donors (Lipinski definition) is 1. The molecule has 16 heavy (non-hydrogen) atoms. The summed E-state index contributed by atoms with van der Waals surface area (Å²) in [7, 11) is 0. The largest absolute Gasteiger partial charge is 0.392 e. The average molecular weight is 218 g/mol. The molecule has 0 amide bonds. The summed E-state index contributed by atoms with van der Waals surface area (Å²) in [5.74, 6) is 0. The van der Waals surface area contributed by atoms with E-state index >= 15 is 0 Å². The number of aliphatic hydroxyl groups is 1. The van der Waals surface area contributed by atoms with E-state index in [0.717, 1.165) is 0 Å². The minimum absolute atomic E-state index is 0.166. The molecule has 1 nitrogen and oxygen atoms in total. The SMILES string of the molecule is C=CCC(O)Cc1cccc(C(C)(C)C)c1. The van der Waals surface area contributed by atoms with Crippen LogP contribution in [0.2, 0.25) is 0 Å². The van der Waals surface area contributed by atoms with Crippen molar-refractivity contribution in [3.63, 3.8) is 0 Å². The summed E-state index contributed by atoms with van der Waals surface area (Å²) in [6.45, 7) is 10.2. The van der Waals surface area contributed by atoms with Gasteiger partial charge in [-0.3, -0.25) is 0 Å². The van der Waals surface area contributed by atoms with E-state index in [0.29, 0.717) is 12.8 Å². The van der Waals surface area contributed by atoms with Crippen LogP contribution in [-0.4, -0.2) is 11.2 Å². The van der Waals surface area contributed by atoms with Crippen molar-refractivity contribution in [1.29, 1.82) is 0 Å². The first-order valence-electron chi connectivity index (χ1n) is 5.82. The van der Waals surface area contributed by atoms with Crippen LogP contribution in [0.25, 0.3) is 0 Å². The zero-order chi connectivity index (χ0) is 12.2. The number of benzene rings is 1. The summed E-state index contributed by atoms with van der Waals surface area (Å²) in [6, 6.07) is 8.47. The standard InChI is InChI=1S/C15H22O/c1-5-7-14(16)11-12-8-6-9-13(10-12)15(2,3)4/h5-6,8-10,14,16H,1,7,11H2,2-4H3. The maximum Gasteiger partial charge on any atom is 0.0614 e. The fourth-order valence-electron chi connectivity index (χ4n) is 1.71. The molecule has 0 bridgehead atoms. The van der Waals surface area contributed by atoms with E-state index in [-0.39, 0.29) is 11.5 Å². The Morgan fingerprint density at radius 3 is 2.62 bits per heavy atom. The molecule has 88 valence electrons. The molecular formula is C15H22O. The lowest BCUT2D eigenvalue weighted by Crippen LogP contribution is -2.13. The van der Waals surface area contributed by atoms with Crippen molar-refractivity contribution in [2.75, 3.05) is 0 Å². The van der Waals surface area contributed by atoms with E-state index in [4.69, 9.17) is 0 Å². The molecular weight excluding hydrogens is 196 g/mol. The van der Waals surface area contributed by atoms with Crippen molar-refractivity contribution in [2.24, 2.45) is 0 Å². The van der Waals surface area contributed by atoms with Crippen LogP contribution in [0, 0.1) is 0 Å². The van der Waals surface area contributed by atoms with Crippen LogP contribution in [-0.2, 0) is 11.8 Å². The molecule has 0 heterocycles. The zero-order valence-corrected chi connectivity index (χ0v) is 10.5. The van der Waals surface area contributed by atoms with Crippen LogP contribution < -0.4 is 0 Å². The molecule has 1 heteroatoms. The number of hydrogen-bond acceptors (Lipinski definition) is 1. The Hall–Kier alpha value is -1.08. The van der Waals surface area contributed by atoms with E-state index in [2.05, 4.69) is 51.6 Å². The first-order valence-corrected chi connectivity index (χ1v) is 5.82. The molecule has 1 atom stereocenters. The van der Waals surface area contributed by atoms with Gasteiger partial charge in [0.05, 0.1) is 6.10 Å². The molecule has 0 aliphatic rings. The highest BCUT2D eigenvalue weighted by atomic mass is 16.3. The minimum Gasteiger partial charge on any atom is -0.392 e. The summed E-state index contributed by atoms with van der Waals surface area (Å²) in [4.78, 5) is 0. The summed E-state index contributed by atoms with van der Waals surface area (Å²) >= 11 is 0. The first kappa shape index (κ1) is 13.0. The molecule has 1 rings (SSSR count). The molecule has 0 saturated heterocycles. The van der Waals surface area contributed by atoms with Crippen molar-refractivity contribution in [1.82, 2.24) is 0 Å². The van der Waals surface area contributed by atoms with Gasteiger partial charge in [-0.05, 0) is 29.4 Å². The van der Waals surface area contributed by atoms with Gasteiger partial charge in [0.2, 0.25) is 0 Å². The van der Waals surface area contributed by atoms with Crippen molar-refractivity contribution in [3.8, 4) is 0 Å². The molecule has 1 N–H and O–H groups in total. The van der Waals surface area contributed by atoms with E-state index in [9.17, 15) is 5.11 Å². The van der Waals surface area contributed by atoms with Gasteiger partial charge in [0.15, 0.2) is 0 Å². The van der Waals surface area contributed by atoms with E-state index < -0.39 is 0 Å². The second-order valence-corrected chi connectivity index (χ2v) is 5.33. The quantitative estimate of drug-likeness (QED) is 0.767. The van der Waals surface area contributed by atoms with Gasteiger partial charge in [-0.2, -0.15) is 0 Å².